The molecule has 0 aliphatic carbocycles. The first-order chi connectivity index (χ1) is 8.47. The van der Waals surface area contributed by atoms with Crippen molar-refractivity contribution in [3.63, 3.8) is 0 Å². The van der Waals surface area contributed by atoms with Crippen LogP contribution in [0.4, 0.5) is 4.39 Å². The molecule has 0 bridgehead atoms. The zero-order valence-electron chi connectivity index (χ0n) is 9.55. The van der Waals surface area contributed by atoms with E-state index in [0.29, 0.717) is 5.52 Å². The number of benzene rings is 1. The second-order valence-corrected chi connectivity index (χ2v) is 4.92. The Morgan fingerprint density at radius 3 is 2.83 bits per heavy atom. The standard InChI is InChI=1S/C12H8BrClFNO2/c1-5-3-7(13)10(15)8-9(14)6(12(17)18-2)4-16-11(5)8/h3-4H,1-2H3. The molecule has 94 valence electrons. The topological polar surface area (TPSA) is 39.2 Å². The number of carbonyl (C=O) groups excluding carboxylic acids is 1. The highest BCUT2D eigenvalue weighted by atomic mass is 79.9. The van der Waals surface area contributed by atoms with Crippen molar-refractivity contribution < 1.29 is 13.9 Å². The Hall–Kier alpha value is -1.20. The SMILES string of the molecule is COC(=O)c1cnc2c(C)cc(Br)c(F)c2c1Cl. The number of pyridine rings is 1. The number of esters is 1. The fourth-order valence-electron chi connectivity index (χ4n) is 1.68. The highest BCUT2D eigenvalue weighted by Crippen LogP contribution is 2.33. The lowest BCUT2D eigenvalue weighted by Gasteiger charge is -2.09. The fraction of sp³-hybridized carbons (Fsp3) is 0.167. The summed E-state index contributed by atoms with van der Waals surface area (Å²) in [7, 11) is 1.23. The first kappa shape index (κ1) is 13.2. The van der Waals surface area contributed by atoms with Gasteiger partial charge >= 0.3 is 5.97 Å². The summed E-state index contributed by atoms with van der Waals surface area (Å²) in [4.78, 5) is 15.5. The van der Waals surface area contributed by atoms with Crippen LogP contribution in [0.2, 0.25) is 5.02 Å². The van der Waals surface area contributed by atoms with Gasteiger partial charge in [0.1, 0.15) is 5.82 Å². The molecule has 6 heteroatoms. The monoisotopic (exact) mass is 331 g/mol. The van der Waals surface area contributed by atoms with Crippen LogP contribution >= 0.6 is 27.5 Å². The van der Waals surface area contributed by atoms with Crippen LogP contribution in [0, 0.1) is 12.7 Å². The summed E-state index contributed by atoms with van der Waals surface area (Å²) in [5.74, 6) is -1.19. The molecular weight excluding hydrogens is 324 g/mol. The van der Waals surface area contributed by atoms with Gasteiger partial charge in [0.15, 0.2) is 0 Å². The summed E-state index contributed by atoms with van der Waals surface area (Å²) in [6, 6.07) is 1.61. The van der Waals surface area contributed by atoms with Crippen LogP contribution < -0.4 is 0 Å². The maximum absolute atomic E-state index is 14.1. The van der Waals surface area contributed by atoms with E-state index < -0.39 is 11.8 Å². The third-order valence-corrected chi connectivity index (χ3v) is 3.54. The number of ether oxygens (including phenoxy) is 1. The van der Waals surface area contributed by atoms with Crippen LogP contribution in [0.1, 0.15) is 15.9 Å². The van der Waals surface area contributed by atoms with Gasteiger partial charge in [-0.25, -0.2) is 9.18 Å². The van der Waals surface area contributed by atoms with Crippen LogP contribution in [0.25, 0.3) is 10.9 Å². The lowest BCUT2D eigenvalue weighted by Crippen LogP contribution is -2.04. The van der Waals surface area contributed by atoms with Crippen molar-refractivity contribution in [2.75, 3.05) is 7.11 Å². The maximum Gasteiger partial charge on any atom is 0.340 e. The van der Waals surface area contributed by atoms with Crippen molar-refractivity contribution in [2.24, 2.45) is 0 Å². The number of fused-ring (bicyclic) bond motifs is 1. The first-order valence-corrected chi connectivity index (χ1v) is 6.15. The van der Waals surface area contributed by atoms with Gasteiger partial charge in [0.2, 0.25) is 0 Å². The first-order valence-electron chi connectivity index (χ1n) is 4.98. The summed E-state index contributed by atoms with van der Waals surface area (Å²) in [6.07, 6.45) is 1.29. The van der Waals surface area contributed by atoms with E-state index >= 15 is 0 Å². The van der Waals surface area contributed by atoms with Gasteiger partial charge in [-0.2, -0.15) is 0 Å². The average molecular weight is 333 g/mol. The van der Waals surface area contributed by atoms with Gasteiger partial charge in [-0.1, -0.05) is 11.6 Å². The highest BCUT2D eigenvalue weighted by molar-refractivity contribution is 9.10. The predicted molar refractivity (Wildman–Crippen MR) is 70.5 cm³/mol. The Bertz CT molecular complexity index is 660. The fourth-order valence-corrected chi connectivity index (χ4v) is 2.52. The molecule has 1 heterocycles. The minimum atomic E-state index is -0.647. The number of nitrogens with zero attached hydrogens (tertiary/aromatic N) is 1. The van der Waals surface area contributed by atoms with Crippen LogP contribution in [-0.2, 0) is 4.74 Å². The van der Waals surface area contributed by atoms with E-state index in [9.17, 15) is 9.18 Å². The number of methoxy groups -OCH3 is 1. The van der Waals surface area contributed by atoms with Gasteiger partial charge in [0.25, 0.3) is 0 Å². The minimum absolute atomic E-state index is 0.00810. The Kier molecular flexibility index (Phi) is 3.54. The molecule has 0 spiro atoms. The van der Waals surface area contributed by atoms with Gasteiger partial charge in [-0.05, 0) is 34.5 Å². The predicted octanol–water partition coefficient (Wildman–Crippen LogP) is 3.88. The number of hydrogen-bond donors (Lipinski definition) is 0. The van der Waals surface area contributed by atoms with Gasteiger partial charge < -0.3 is 4.74 Å². The third kappa shape index (κ3) is 1.97. The van der Waals surface area contributed by atoms with E-state index in [4.69, 9.17) is 11.6 Å². The number of aryl methyl sites for hydroxylation is 1. The van der Waals surface area contributed by atoms with Gasteiger partial charge in [-0.15, -0.1) is 0 Å². The summed E-state index contributed by atoms with van der Waals surface area (Å²) in [5, 5.41) is 0.125. The summed E-state index contributed by atoms with van der Waals surface area (Å²) in [6.45, 7) is 1.79. The molecule has 0 aliphatic heterocycles. The maximum atomic E-state index is 14.1. The van der Waals surface area contributed by atoms with E-state index in [1.807, 2.05) is 0 Å². The zero-order chi connectivity index (χ0) is 13.4. The van der Waals surface area contributed by atoms with E-state index in [1.54, 1.807) is 13.0 Å². The Balaban J connectivity index is 2.89. The molecule has 0 saturated heterocycles. The van der Waals surface area contributed by atoms with Gasteiger partial charge in [0.05, 0.1) is 33.1 Å². The van der Waals surface area contributed by atoms with Gasteiger partial charge in [0, 0.05) is 6.20 Å². The van der Waals surface area contributed by atoms with E-state index in [2.05, 4.69) is 25.7 Å². The van der Waals surface area contributed by atoms with Crippen molar-refractivity contribution in [1.29, 1.82) is 0 Å². The normalized spacial score (nSPS) is 10.7. The van der Waals surface area contributed by atoms with Crippen LogP contribution in [0.3, 0.4) is 0 Å². The number of hydrogen-bond acceptors (Lipinski definition) is 3. The van der Waals surface area contributed by atoms with Crippen LogP contribution in [0.15, 0.2) is 16.7 Å². The van der Waals surface area contributed by atoms with Gasteiger partial charge in [-0.3, -0.25) is 4.98 Å². The van der Waals surface area contributed by atoms with Crippen molar-refractivity contribution in [3.05, 3.63) is 38.7 Å². The molecule has 0 aliphatic rings. The van der Waals surface area contributed by atoms with Crippen molar-refractivity contribution in [2.45, 2.75) is 6.92 Å². The molecule has 0 unspecified atom stereocenters. The minimum Gasteiger partial charge on any atom is -0.465 e. The Morgan fingerprint density at radius 1 is 1.56 bits per heavy atom. The second-order valence-electron chi connectivity index (χ2n) is 3.69. The summed E-state index contributed by atoms with van der Waals surface area (Å²) in [5.41, 5.74) is 1.23. The molecule has 1 aromatic heterocycles. The molecule has 2 aromatic rings. The Labute approximate surface area is 116 Å². The average Bonchev–Trinajstić information content (AvgIpc) is 2.35. The number of halogens is 3. The highest BCUT2D eigenvalue weighted by Gasteiger charge is 2.19. The van der Waals surface area contributed by atoms with Crippen molar-refractivity contribution >= 4 is 44.4 Å². The smallest absolute Gasteiger partial charge is 0.340 e. The molecule has 3 nitrogen and oxygen atoms in total. The zero-order valence-corrected chi connectivity index (χ0v) is 11.9. The van der Waals surface area contributed by atoms with E-state index in [0.717, 1.165) is 5.56 Å². The molecule has 2 rings (SSSR count). The van der Waals surface area contributed by atoms with Crippen LogP contribution in [0.5, 0.6) is 0 Å². The third-order valence-electron chi connectivity index (χ3n) is 2.57. The lowest BCUT2D eigenvalue weighted by molar-refractivity contribution is 0.0600. The number of rotatable bonds is 1. The van der Waals surface area contributed by atoms with Crippen molar-refractivity contribution in [3.8, 4) is 0 Å². The molecule has 0 atom stereocenters. The van der Waals surface area contributed by atoms with E-state index in [1.165, 1.54) is 13.3 Å². The molecule has 18 heavy (non-hydrogen) atoms. The molecule has 0 fully saturated rings. The van der Waals surface area contributed by atoms with Crippen LogP contribution in [-0.4, -0.2) is 18.1 Å². The van der Waals surface area contributed by atoms with E-state index in [-0.39, 0.29) is 20.4 Å². The van der Waals surface area contributed by atoms with Crippen molar-refractivity contribution in [1.82, 2.24) is 4.98 Å². The molecule has 0 saturated carbocycles. The molecule has 0 amide bonds. The quantitative estimate of drug-likeness (QED) is 0.744. The summed E-state index contributed by atoms with van der Waals surface area (Å²) < 4.78 is 18.9. The second kappa shape index (κ2) is 4.82. The Morgan fingerprint density at radius 2 is 2.22 bits per heavy atom. The molecule has 0 N–H and O–H groups in total. The molecular formula is C12H8BrClFNO2. The number of carbonyl (C=O) groups is 1. The number of aromatic nitrogens is 1. The summed E-state index contributed by atoms with van der Waals surface area (Å²) >= 11 is 9.17. The molecule has 1 aromatic carbocycles. The lowest BCUT2D eigenvalue weighted by atomic mass is 10.1. The largest absolute Gasteiger partial charge is 0.465 e. The molecule has 0 radical (unpaired) electrons.